The number of carbonyl (C=O) groups excluding carboxylic acids is 1. The topological polar surface area (TPSA) is 63.6 Å². The summed E-state index contributed by atoms with van der Waals surface area (Å²) in [6.07, 6.45) is 4.26. The number of carboxylic acid groups (broad SMARTS) is 1. The Morgan fingerprint density at radius 1 is 1.36 bits per heavy atom. The molecule has 1 saturated carbocycles. The number of benzene rings is 1. The van der Waals surface area contributed by atoms with Gasteiger partial charge in [-0.1, -0.05) is 18.9 Å². The van der Waals surface area contributed by atoms with Gasteiger partial charge < -0.3 is 12.7 Å². The molecule has 1 aliphatic carbocycles. The van der Waals surface area contributed by atoms with Gasteiger partial charge in [-0.3, -0.25) is 9.59 Å². The zero-order valence-electron chi connectivity index (χ0n) is 14.9. The zero-order valence-corrected chi connectivity index (χ0v) is 15.1. The molecule has 3 rings (SSSR count). The molecule has 0 aromatic heterocycles. The van der Waals surface area contributed by atoms with Crippen LogP contribution in [0.15, 0.2) is 18.2 Å². The zero-order chi connectivity index (χ0) is 15.0. The molecule has 1 N–H and O–H groups in total. The number of ether oxygens (including phenoxy) is 1. The summed E-state index contributed by atoms with van der Waals surface area (Å²) in [5.74, 6) is -0.369. The number of aliphatic carboxylic acids is 1. The van der Waals surface area contributed by atoms with Crippen molar-refractivity contribution in [1.82, 2.24) is 0 Å². The summed E-state index contributed by atoms with van der Waals surface area (Å²) in [4.78, 5) is 23.8. The Balaban J connectivity index is 0.00000176. The van der Waals surface area contributed by atoms with E-state index in [-0.39, 0.29) is 52.3 Å². The summed E-state index contributed by atoms with van der Waals surface area (Å²) < 4.78 is 5.85. The molecule has 1 aromatic rings. The molecule has 116 valence electrons. The van der Waals surface area contributed by atoms with Gasteiger partial charge in [-0.2, -0.15) is 0 Å². The summed E-state index contributed by atoms with van der Waals surface area (Å²) in [7, 11) is 0. The molecular weight excluding hydrogens is 308 g/mol. The van der Waals surface area contributed by atoms with E-state index in [1.54, 1.807) is 25.1 Å². The van der Waals surface area contributed by atoms with Crippen molar-refractivity contribution < 1.29 is 22.3 Å². The molecule has 5 heteroatoms. The summed E-state index contributed by atoms with van der Waals surface area (Å²) in [6, 6.07) is 5.20. The average molecular weight is 330 g/mol. The molecule has 1 aliphatic heterocycles. The molecular formula is C17H22CaO4. The Bertz CT molecular complexity index is 594. The van der Waals surface area contributed by atoms with Gasteiger partial charge in [-0.15, -0.1) is 0 Å². The molecule has 0 amide bonds. The van der Waals surface area contributed by atoms with Crippen molar-refractivity contribution >= 4 is 49.5 Å². The number of Topliss-reactive ketones (excluding diaryl/α,β-unsaturated/α-hetero) is 1. The molecule has 2 aliphatic rings. The molecule has 3 unspecified atom stereocenters. The number of hydrogen-bond donors (Lipinski definition) is 1. The maximum atomic E-state index is 12.7. The second-order valence-electron chi connectivity index (χ2n) is 6.14. The second-order valence-corrected chi connectivity index (χ2v) is 6.14. The van der Waals surface area contributed by atoms with Gasteiger partial charge in [0.2, 0.25) is 0 Å². The average Bonchev–Trinajstić information content (AvgIpc) is 2.64. The molecule has 0 saturated heterocycles. The third-order valence-electron chi connectivity index (χ3n) is 4.84. The molecule has 1 fully saturated rings. The third kappa shape index (κ3) is 3.34. The first-order valence-electron chi connectivity index (χ1n) is 7.61. The van der Waals surface area contributed by atoms with Crippen LogP contribution in [0.5, 0.6) is 5.75 Å². The van der Waals surface area contributed by atoms with Crippen molar-refractivity contribution in [3.63, 3.8) is 0 Å². The minimum Gasteiger partial charge on any atom is -1.00 e. The van der Waals surface area contributed by atoms with E-state index in [4.69, 9.17) is 9.84 Å². The second kappa shape index (κ2) is 7.33. The van der Waals surface area contributed by atoms with Crippen LogP contribution in [0.3, 0.4) is 0 Å². The van der Waals surface area contributed by atoms with Crippen LogP contribution in [-0.4, -0.2) is 61.2 Å². The van der Waals surface area contributed by atoms with E-state index in [1.807, 2.05) is 0 Å². The first kappa shape index (κ1) is 17.8. The third-order valence-corrected chi connectivity index (χ3v) is 4.84. The van der Waals surface area contributed by atoms with Crippen LogP contribution in [-0.2, 0) is 4.79 Å². The van der Waals surface area contributed by atoms with Crippen molar-refractivity contribution in [2.24, 2.45) is 11.8 Å². The summed E-state index contributed by atoms with van der Waals surface area (Å²) in [5, 5.41) is 9.11. The molecule has 3 atom stereocenters. The Hall–Kier alpha value is -0.580. The van der Waals surface area contributed by atoms with Gasteiger partial charge in [-0.25, -0.2) is 0 Å². The molecule has 0 bridgehead atoms. The Morgan fingerprint density at radius 3 is 2.82 bits per heavy atom. The quantitative estimate of drug-likeness (QED) is 0.846. The Labute approximate surface area is 163 Å². The van der Waals surface area contributed by atoms with E-state index in [1.165, 1.54) is 0 Å². The predicted molar refractivity (Wildman–Crippen MR) is 85.7 cm³/mol. The van der Waals surface area contributed by atoms with Crippen LogP contribution in [0.25, 0.3) is 0 Å². The summed E-state index contributed by atoms with van der Waals surface area (Å²) in [5.41, 5.74) is 1.30. The molecule has 0 spiro atoms. The Kier molecular flexibility index (Phi) is 5.92. The number of rotatable bonds is 2. The molecule has 22 heavy (non-hydrogen) atoms. The van der Waals surface area contributed by atoms with Crippen LogP contribution in [0, 0.1) is 11.8 Å². The van der Waals surface area contributed by atoms with Crippen molar-refractivity contribution in [3.8, 4) is 5.75 Å². The van der Waals surface area contributed by atoms with Crippen LogP contribution < -0.4 is 4.74 Å². The van der Waals surface area contributed by atoms with Gasteiger partial charge in [0.25, 0.3) is 0 Å². The van der Waals surface area contributed by atoms with Crippen LogP contribution in [0.4, 0.5) is 0 Å². The van der Waals surface area contributed by atoms with Crippen LogP contribution >= 0.6 is 0 Å². The monoisotopic (exact) mass is 330 g/mol. The van der Waals surface area contributed by atoms with Gasteiger partial charge in [0, 0.05) is 11.8 Å². The summed E-state index contributed by atoms with van der Waals surface area (Å²) >= 11 is 0. The van der Waals surface area contributed by atoms with E-state index in [2.05, 4.69) is 0 Å². The van der Waals surface area contributed by atoms with Crippen molar-refractivity contribution in [2.45, 2.75) is 38.5 Å². The molecule has 4 nitrogen and oxygen atoms in total. The number of fused-ring (bicyclic) bond motifs is 2. The molecule has 0 radical (unpaired) electrons. The van der Waals surface area contributed by atoms with Gasteiger partial charge >= 0.3 is 43.7 Å². The number of ketones is 1. The van der Waals surface area contributed by atoms with E-state index in [0.29, 0.717) is 29.4 Å². The van der Waals surface area contributed by atoms with Crippen LogP contribution in [0.1, 0.15) is 57.3 Å². The normalized spacial score (nSPS) is 24.9. The van der Waals surface area contributed by atoms with E-state index < -0.39 is 11.9 Å². The van der Waals surface area contributed by atoms with Crippen molar-refractivity contribution in [3.05, 3.63) is 29.3 Å². The summed E-state index contributed by atoms with van der Waals surface area (Å²) in [6.45, 7) is 2.21. The number of carbonyl (C=O) groups is 2. The SMILES string of the molecule is CC(C(=O)O)c1ccc2c(c1)OCC1CCCCC1C2=O.[Ca+2].[H-].[H-]. The minimum atomic E-state index is -0.872. The van der Waals surface area contributed by atoms with E-state index >= 15 is 0 Å². The predicted octanol–water partition coefficient (Wildman–Crippen LogP) is 3.10. The maximum Gasteiger partial charge on any atom is 2.00 e. The first-order chi connectivity index (χ1) is 10.1. The van der Waals surface area contributed by atoms with Gasteiger partial charge in [-0.05, 0) is 37.5 Å². The van der Waals surface area contributed by atoms with Gasteiger partial charge in [0.15, 0.2) is 5.78 Å². The molecule has 1 aromatic carbocycles. The van der Waals surface area contributed by atoms with Crippen LogP contribution in [0.2, 0.25) is 0 Å². The first-order valence-corrected chi connectivity index (χ1v) is 7.61. The number of hydrogen-bond acceptors (Lipinski definition) is 3. The molecule has 1 heterocycles. The van der Waals surface area contributed by atoms with Gasteiger partial charge in [0.1, 0.15) is 5.75 Å². The fourth-order valence-electron chi connectivity index (χ4n) is 3.42. The van der Waals surface area contributed by atoms with Crippen molar-refractivity contribution in [2.75, 3.05) is 6.61 Å². The van der Waals surface area contributed by atoms with E-state index in [9.17, 15) is 9.59 Å². The minimum absolute atomic E-state index is 0. The van der Waals surface area contributed by atoms with Gasteiger partial charge in [0.05, 0.1) is 18.1 Å². The van der Waals surface area contributed by atoms with Crippen molar-refractivity contribution in [1.29, 1.82) is 0 Å². The Morgan fingerprint density at radius 2 is 2.09 bits per heavy atom. The smallest absolute Gasteiger partial charge is 1.00 e. The van der Waals surface area contributed by atoms with E-state index in [0.717, 1.165) is 25.7 Å². The standard InChI is InChI=1S/C17H20O4.Ca.2H/c1-10(17(19)20)11-6-7-14-15(8-11)21-9-12-4-2-3-5-13(12)16(14)18;;;/h6-8,10,12-13H,2-5,9H2,1H3,(H,19,20);;;/q;+2;2*-1. The maximum absolute atomic E-state index is 12.7. The fourth-order valence-corrected chi connectivity index (χ4v) is 3.42. The largest absolute Gasteiger partial charge is 2.00 e. The fraction of sp³-hybridized carbons (Fsp3) is 0.529. The number of carboxylic acids is 1.